The van der Waals surface area contributed by atoms with E-state index >= 15 is 9.59 Å². The number of halogens is 2. The second-order valence-electron chi connectivity index (χ2n) is 25.5. The van der Waals surface area contributed by atoms with Crippen molar-refractivity contribution >= 4 is 65.6 Å². The predicted octanol–water partition coefficient (Wildman–Crippen LogP) is 25.0. The molecule has 0 aliphatic rings. The van der Waals surface area contributed by atoms with Crippen molar-refractivity contribution < 1.29 is 0 Å². The second-order valence-corrected chi connectivity index (χ2v) is 30.2. The Hall–Kier alpha value is -3.68. The van der Waals surface area contributed by atoms with Crippen molar-refractivity contribution in [2.45, 2.75) is 337 Å². The van der Waals surface area contributed by atoms with E-state index in [1.165, 1.54) is 230 Å². The van der Waals surface area contributed by atoms with Gasteiger partial charge in [-0.05, 0) is 153 Å². The van der Waals surface area contributed by atoms with Crippen LogP contribution < -0.4 is 11.1 Å². The molecule has 8 heteroatoms. The lowest BCUT2D eigenvalue weighted by Crippen LogP contribution is -2.28. The van der Waals surface area contributed by atoms with Crippen LogP contribution in [0.3, 0.4) is 0 Å². The van der Waals surface area contributed by atoms with Gasteiger partial charge in [-0.1, -0.05) is 297 Å². The van der Waals surface area contributed by atoms with Crippen LogP contribution in [0.15, 0.2) is 41.4 Å². The van der Waals surface area contributed by atoms with Crippen molar-refractivity contribution in [3.05, 3.63) is 63.7 Å². The average Bonchev–Trinajstić information content (AvgIpc) is 1.36. The van der Waals surface area contributed by atoms with Crippen molar-refractivity contribution in [1.82, 2.24) is 9.13 Å². The molecular weight excluding hydrogens is 1240 g/mol. The third kappa shape index (κ3) is 31.1. The number of unbranched alkanes of at least 4 members (excludes halogenated alkanes) is 35. The zero-order valence-corrected chi connectivity index (χ0v) is 60.9. The van der Waals surface area contributed by atoms with E-state index in [-0.39, 0.29) is 17.0 Å². The molecule has 0 radical (unpaired) electrons. The summed E-state index contributed by atoms with van der Waals surface area (Å²) in [5, 5.41) is 0. The third-order valence-corrected chi connectivity index (χ3v) is 21.9. The molecule has 2 unspecified atom stereocenters. The number of nitrogens with zero attached hydrogens (tertiary/aromatic N) is 2. The van der Waals surface area contributed by atoms with Crippen molar-refractivity contribution in [2.24, 2.45) is 11.8 Å². The monoisotopic (exact) mass is 1360 g/mol. The minimum Gasteiger partial charge on any atom is -0.306 e. The molecule has 0 saturated carbocycles. The number of rotatable bonds is 51. The highest BCUT2D eigenvalue weighted by molar-refractivity contribution is 9.11. The van der Waals surface area contributed by atoms with E-state index in [4.69, 9.17) is 6.42 Å². The van der Waals surface area contributed by atoms with Gasteiger partial charge in [-0.25, -0.2) is 0 Å². The molecule has 4 aromatic heterocycles. The maximum Gasteiger partial charge on any atom is 0.259 e. The van der Waals surface area contributed by atoms with Crippen molar-refractivity contribution in [2.75, 3.05) is 0 Å². The topological polar surface area (TPSA) is 44.0 Å². The van der Waals surface area contributed by atoms with Gasteiger partial charge < -0.3 is 9.13 Å². The van der Waals surface area contributed by atoms with Crippen LogP contribution in [0.25, 0.3) is 31.9 Å². The molecule has 0 aliphatic heterocycles. The first-order valence-electron chi connectivity index (χ1n) is 36.1. The Bertz CT molecular complexity index is 2970. The van der Waals surface area contributed by atoms with Gasteiger partial charge in [0.15, 0.2) is 0 Å². The highest BCUT2D eigenvalue weighted by Gasteiger charge is 2.23. The number of aromatic nitrogens is 2. The van der Waals surface area contributed by atoms with Crippen LogP contribution in [0.4, 0.5) is 0 Å². The Labute approximate surface area is 563 Å². The fourth-order valence-corrected chi connectivity index (χ4v) is 16.0. The predicted molar refractivity (Wildman–Crippen MR) is 396 cm³/mol. The molecule has 4 aromatic rings. The van der Waals surface area contributed by atoms with Gasteiger partial charge in [0.05, 0.1) is 29.7 Å². The summed E-state index contributed by atoms with van der Waals surface area (Å²) in [6.07, 6.45) is 61.3. The van der Waals surface area contributed by atoms with E-state index in [0.29, 0.717) is 24.6 Å². The van der Waals surface area contributed by atoms with Gasteiger partial charge in [0, 0.05) is 28.8 Å². The van der Waals surface area contributed by atoms with Gasteiger partial charge in [-0.2, -0.15) is 0 Å². The molecule has 0 bridgehead atoms. The van der Waals surface area contributed by atoms with Crippen LogP contribution in [0.5, 0.6) is 0 Å². The zero-order chi connectivity index (χ0) is 63.1. The van der Waals surface area contributed by atoms with E-state index in [2.05, 4.69) is 149 Å². The smallest absolute Gasteiger partial charge is 0.259 e. The first-order valence-corrected chi connectivity index (χ1v) is 39.3. The lowest BCUT2D eigenvalue weighted by atomic mass is 9.89. The molecule has 0 N–H and O–H groups in total. The number of hydrogen-bond acceptors (Lipinski definition) is 4. The average molecular weight is 1360 g/mol. The quantitative estimate of drug-likeness (QED) is 0.0327. The van der Waals surface area contributed by atoms with E-state index in [9.17, 15) is 0 Å². The summed E-state index contributed by atoms with van der Waals surface area (Å²) in [6.45, 7) is 12.6. The molecular formula is C80H116Br2N2O2S2. The molecule has 0 fully saturated rings. The Morgan fingerprint density at radius 2 is 0.693 bits per heavy atom. The molecule has 0 spiro atoms. The highest BCUT2D eigenvalue weighted by Crippen LogP contribution is 2.40. The molecule has 0 aliphatic carbocycles. The summed E-state index contributed by atoms with van der Waals surface area (Å²) in [5.41, 5.74) is 5.67. The van der Waals surface area contributed by atoms with Crippen molar-refractivity contribution in [3.63, 3.8) is 0 Å². The molecule has 2 atom stereocenters. The molecule has 0 aromatic carbocycles. The molecule has 4 nitrogen and oxygen atoms in total. The SMILES string of the molecule is C#CC#CC#CC#CC#CC(CCCCCCCCCCCC)Cc1cc(-c2cc3c(cc(-c4cc(CC(CCCCCCCCCC)CCCCCCCCCCCC)c(Br)s4)c(=O)n3CCCCCCCC)n(CCCCCCCC)c2=O)sc1Br. The second kappa shape index (κ2) is 49.9. The number of aryl methyl sites for hydroxylation is 2. The molecule has 88 heavy (non-hydrogen) atoms. The number of pyridine rings is 2. The fourth-order valence-electron chi connectivity index (χ4n) is 12.6. The number of fused-ring (bicyclic) bond motifs is 1. The van der Waals surface area contributed by atoms with Crippen LogP contribution in [0, 0.1) is 71.5 Å². The third-order valence-electron chi connectivity index (χ3n) is 17.9. The standard InChI is InChI=1S/C80H116Br2N2O2S2/c1-7-13-19-25-31-35-37-41-45-51-57-67(55-49-43-39-33-27-21-15-9-3)61-69-63-75(87-77(69)81)71-65-73-74(83(79(71)85)59-53-47-29-23-17-11-5)66-72(80(86)84(73)60-54-48-30-24-18-12-6)76-64-70(78(82)88-76)62-68(56-50-44-40-34-28-22-16-10-4)58-52-46-42-38-36-32-26-20-14-8-2/h3,63-68H,7-8,10-14,16-20,22-26,28-32,34-38,40-42,44-48,50-54,56-62H2,1-2,4-6H3. The zero-order valence-electron chi connectivity index (χ0n) is 56.1. The maximum atomic E-state index is 15.5. The van der Waals surface area contributed by atoms with Gasteiger partial charge >= 0.3 is 0 Å². The maximum absolute atomic E-state index is 15.5. The Morgan fingerprint density at radius 1 is 0.386 bits per heavy atom. The van der Waals surface area contributed by atoms with Gasteiger partial charge in [-0.15, -0.1) is 29.1 Å². The Morgan fingerprint density at radius 3 is 1.06 bits per heavy atom. The summed E-state index contributed by atoms with van der Waals surface area (Å²) in [6, 6.07) is 8.74. The normalized spacial score (nSPS) is 11.8. The first kappa shape index (κ1) is 76.8. The van der Waals surface area contributed by atoms with Gasteiger partial charge in [0.25, 0.3) is 11.1 Å². The van der Waals surface area contributed by atoms with Crippen LogP contribution in [0.1, 0.15) is 322 Å². The minimum atomic E-state index is 0.0194. The van der Waals surface area contributed by atoms with Crippen LogP contribution in [-0.4, -0.2) is 9.13 Å². The largest absolute Gasteiger partial charge is 0.306 e. The molecule has 0 amide bonds. The fraction of sp³-hybridized carbons (Fsp3) is 0.675. The van der Waals surface area contributed by atoms with Gasteiger partial charge in [-0.3, -0.25) is 9.59 Å². The number of hydrogen-bond donors (Lipinski definition) is 0. The van der Waals surface area contributed by atoms with Crippen LogP contribution >= 0.6 is 54.5 Å². The Kier molecular flexibility index (Phi) is 43.6. The van der Waals surface area contributed by atoms with Gasteiger partial charge in [0.1, 0.15) is 0 Å². The molecule has 484 valence electrons. The summed E-state index contributed by atoms with van der Waals surface area (Å²) in [7, 11) is 0. The van der Waals surface area contributed by atoms with Gasteiger partial charge in [0.2, 0.25) is 0 Å². The van der Waals surface area contributed by atoms with E-state index in [1.807, 2.05) is 4.57 Å². The highest BCUT2D eigenvalue weighted by atomic mass is 79.9. The van der Waals surface area contributed by atoms with Crippen molar-refractivity contribution in [3.8, 4) is 80.6 Å². The summed E-state index contributed by atoms with van der Waals surface area (Å²) < 4.78 is 6.27. The Balaban J connectivity index is 1.74. The van der Waals surface area contributed by atoms with E-state index < -0.39 is 0 Å². The number of thiophene rings is 2. The lowest BCUT2D eigenvalue weighted by molar-refractivity contribution is 0.400. The number of terminal acetylenes is 1. The summed E-state index contributed by atoms with van der Waals surface area (Å²) >= 11 is 11.4. The molecule has 4 rings (SSSR count). The van der Waals surface area contributed by atoms with Crippen molar-refractivity contribution in [1.29, 1.82) is 0 Å². The molecule has 4 heterocycles. The minimum absolute atomic E-state index is 0.0194. The lowest BCUT2D eigenvalue weighted by Gasteiger charge is -2.18. The summed E-state index contributed by atoms with van der Waals surface area (Å²) in [5.74, 6) is 25.9. The summed E-state index contributed by atoms with van der Waals surface area (Å²) in [4.78, 5) is 32.9. The first-order chi connectivity index (χ1) is 43.2. The molecule has 0 saturated heterocycles. The van der Waals surface area contributed by atoms with E-state index in [1.54, 1.807) is 22.7 Å². The van der Waals surface area contributed by atoms with Crippen LogP contribution in [-0.2, 0) is 25.9 Å². The van der Waals surface area contributed by atoms with E-state index in [0.717, 1.165) is 104 Å². The van der Waals surface area contributed by atoms with Crippen LogP contribution in [0.2, 0.25) is 0 Å².